The van der Waals surface area contributed by atoms with E-state index in [1.807, 2.05) is 25.1 Å². The molecule has 1 heterocycles. The molecule has 5 heteroatoms. The number of rotatable bonds is 7. The van der Waals surface area contributed by atoms with Gasteiger partial charge in [0.2, 0.25) is 0 Å². The fourth-order valence-corrected chi connectivity index (χ4v) is 2.87. The van der Waals surface area contributed by atoms with Gasteiger partial charge in [-0.05, 0) is 43.1 Å². The van der Waals surface area contributed by atoms with E-state index < -0.39 is 0 Å². The van der Waals surface area contributed by atoms with Crippen molar-refractivity contribution in [1.82, 2.24) is 10.3 Å². The summed E-state index contributed by atoms with van der Waals surface area (Å²) in [6.45, 7) is 8.70. The zero-order valence-corrected chi connectivity index (χ0v) is 14.2. The zero-order valence-electron chi connectivity index (χ0n) is 12.6. The fourth-order valence-electron chi connectivity index (χ4n) is 1.89. The van der Waals surface area contributed by atoms with E-state index in [0.29, 0.717) is 12.5 Å². The van der Waals surface area contributed by atoms with Crippen LogP contribution in [0, 0.1) is 12.8 Å². The number of halogens is 1. The largest absolute Gasteiger partial charge is 0.487 e. The molecule has 0 amide bonds. The molecule has 2 aromatic rings. The SMILES string of the molecule is Cc1cc(Cl)ccc1OCc1csc(CNCC(C)C)n1. The number of hydrogen-bond acceptors (Lipinski definition) is 4. The highest BCUT2D eigenvalue weighted by Gasteiger charge is 2.05. The maximum absolute atomic E-state index is 5.93. The smallest absolute Gasteiger partial charge is 0.131 e. The van der Waals surface area contributed by atoms with Crippen LogP contribution in [0.2, 0.25) is 5.02 Å². The maximum Gasteiger partial charge on any atom is 0.131 e. The van der Waals surface area contributed by atoms with Crippen LogP contribution in [0.4, 0.5) is 0 Å². The molecule has 114 valence electrons. The summed E-state index contributed by atoms with van der Waals surface area (Å²) in [5, 5.41) is 7.28. The van der Waals surface area contributed by atoms with Crippen molar-refractivity contribution in [2.24, 2.45) is 5.92 Å². The molecule has 3 nitrogen and oxygen atoms in total. The highest BCUT2D eigenvalue weighted by atomic mass is 35.5. The van der Waals surface area contributed by atoms with E-state index in [2.05, 4.69) is 29.5 Å². The van der Waals surface area contributed by atoms with E-state index in [4.69, 9.17) is 16.3 Å². The molecular formula is C16H21ClN2OS. The lowest BCUT2D eigenvalue weighted by Crippen LogP contribution is -2.18. The summed E-state index contributed by atoms with van der Waals surface area (Å²) in [4.78, 5) is 4.57. The first-order chi connectivity index (χ1) is 10.0. The third-order valence-corrected chi connectivity index (χ3v) is 4.07. The second-order valence-electron chi connectivity index (χ2n) is 5.46. The summed E-state index contributed by atoms with van der Waals surface area (Å²) >= 11 is 7.60. The van der Waals surface area contributed by atoms with Crippen molar-refractivity contribution in [1.29, 1.82) is 0 Å². The standard InChI is InChI=1S/C16H21ClN2OS/c1-11(2)7-18-8-16-19-14(10-21-16)9-20-15-5-4-13(17)6-12(15)3/h4-6,10-11,18H,7-9H2,1-3H3. The number of nitrogens with one attached hydrogen (secondary N) is 1. The predicted octanol–water partition coefficient (Wildman–Crippen LogP) is 4.43. The lowest BCUT2D eigenvalue weighted by molar-refractivity contribution is 0.300. The summed E-state index contributed by atoms with van der Waals surface area (Å²) < 4.78 is 5.80. The molecule has 0 unspecified atom stereocenters. The quantitative estimate of drug-likeness (QED) is 0.818. The molecule has 0 spiro atoms. The monoisotopic (exact) mass is 324 g/mol. The van der Waals surface area contributed by atoms with Crippen molar-refractivity contribution < 1.29 is 4.74 Å². The second-order valence-corrected chi connectivity index (χ2v) is 6.83. The van der Waals surface area contributed by atoms with Gasteiger partial charge in [-0.3, -0.25) is 0 Å². The molecule has 0 aliphatic rings. The summed E-state index contributed by atoms with van der Waals surface area (Å²) in [6.07, 6.45) is 0. The Morgan fingerprint density at radius 3 is 2.90 bits per heavy atom. The molecule has 1 aromatic heterocycles. The van der Waals surface area contributed by atoms with Crippen LogP contribution in [0.3, 0.4) is 0 Å². The van der Waals surface area contributed by atoms with E-state index in [1.54, 1.807) is 11.3 Å². The minimum absolute atomic E-state index is 0.489. The van der Waals surface area contributed by atoms with Gasteiger partial charge in [-0.1, -0.05) is 25.4 Å². The summed E-state index contributed by atoms with van der Waals surface area (Å²) in [7, 11) is 0. The highest BCUT2D eigenvalue weighted by molar-refractivity contribution is 7.09. The first kappa shape index (κ1) is 16.3. The number of thiazole rings is 1. The van der Waals surface area contributed by atoms with Crippen molar-refractivity contribution in [3.63, 3.8) is 0 Å². The van der Waals surface area contributed by atoms with Crippen molar-refractivity contribution in [3.8, 4) is 5.75 Å². The van der Waals surface area contributed by atoms with E-state index in [0.717, 1.165) is 40.1 Å². The van der Waals surface area contributed by atoms with Gasteiger partial charge in [0.25, 0.3) is 0 Å². The van der Waals surface area contributed by atoms with Crippen LogP contribution < -0.4 is 10.1 Å². The zero-order chi connectivity index (χ0) is 15.2. The second kappa shape index (κ2) is 7.78. The Kier molecular flexibility index (Phi) is 6.03. The van der Waals surface area contributed by atoms with Crippen LogP contribution >= 0.6 is 22.9 Å². The average molecular weight is 325 g/mol. The van der Waals surface area contributed by atoms with Gasteiger partial charge in [0.05, 0.1) is 5.69 Å². The van der Waals surface area contributed by atoms with E-state index in [-0.39, 0.29) is 0 Å². The van der Waals surface area contributed by atoms with Gasteiger partial charge in [-0.25, -0.2) is 4.98 Å². The Bertz CT molecular complexity index is 583. The van der Waals surface area contributed by atoms with Crippen molar-refractivity contribution in [3.05, 3.63) is 44.9 Å². The molecule has 0 atom stereocenters. The normalized spacial score (nSPS) is 11.1. The maximum atomic E-state index is 5.93. The molecule has 21 heavy (non-hydrogen) atoms. The van der Waals surface area contributed by atoms with Crippen LogP contribution in [0.25, 0.3) is 0 Å². The van der Waals surface area contributed by atoms with Crippen LogP contribution in [0.15, 0.2) is 23.6 Å². The highest BCUT2D eigenvalue weighted by Crippen LogP contribution is 2.23. The van der Waals surface area contributed by atoms with E-state index in [1.165, 1.54) is 0 Å². The van der Waals surface area contributed by atoms with Crippen LogP contribution in [-0.2, 0) is 13.2 Å². The first-order valence-corrected chi connectivity index (χ1v) is 8.33. The summed E-state index contributed by atoms with van der Waals surface area (Å²) in [5.74, 6) is 1.51. The Morgan fingerprint density at radius 2 is 2.19 bits per heavy atom. The van der Waals surface area contributed by atoms with Gasteiger partial charge >= 0.3 is 0 Å². The molecule has 1 N–H and O–H groups in total. The van der Waals surface area contributed by atoms with Gasteiger partial charge in [-0.15, -0.1) is 11.3 Å². The first-order valence-electron chi connectivity index (χ1n) is 7.07. The van der Waals surface area contributed by atoms with Gasteiger partial charge < -0.3 is 10.1 Å². The molecule has 0 aliphatic heterocycles. The van der Waals surface area contributed by atoms with Crippen molar-refractivity contribution in [2.45, 2.75) is 33.9 Å². The molecule has 0 saturated heterocycles. The molecule has 0 saturated carbocycles. The number of aryl methyl sites for hydroxylation is 1. The minimum Gasteiger partial charge on any atom is -0.487 e. The van der Waals surface area contributed by atoms with Gasteiger partial charge in [-0.2, -0.15) is 0 Å². The van der Waals surface area contributed by atoms with Crippen molar-refractivity contribution in [2.75, 3.05) is 6.54 Å². The summed E-state index contributed by atoms with van der Waals surface area (Å²) in [5.41, 5.74) is 2.01. The van der Waals surface area contributed by atoms with Crippen molar-refractivity contribution >= 4 is 22.9 Å². The third-order valence-electron chi connectivity index (χ3n) is 2.94. The molecule has 0 radical (unpaired) electrons. The minimum atomic E-state index is 0.489. The number of aromatic nitrogens is 1. The Morgan fingerprint density at radius 1 is 1.38 bits per heavy atom. The number of nitrogens with zero attached hydrogens (tertiary/aromatic N) is 1. The number of benzene rings is 1. The molecular weight excluding hydrogens is 304 g/mol. The Balaban J connectivity index is 1.85. The Labute approximate surface area is 135 Å². The summed E-state index contributed by atoms with van der Waals surface area (Å²) in [6, 6.07) is 5.64. The third kappa shape index (κ3) is 5.30. The number of hydrogen-bond donors (Lipinski definition) is 1. The Hall–Kier alpha value is -1.10. The lowest BCUT2D eigenvalue weighted by Gasteiger charge is -2.07. The lowest BCUT2D eigenvalue weighted by atomic mass is 10.2. The molecule has 0 fully saturated rings. The van der Waals surface area contributed by atoms with E-state index in [9.17, 15) is 0 Å². The molecule has 2 rings (SSSR count). The van der Waals surface area contributed by atoms with Gasteiger partial charge in [0.15, 0.2) is 0 Å². The number of ether oxygens (including phenoxy) is 1. The van der Waals surface area contributed by atoms with Crippen LogP contribution in [-0.4, -0.2) is 11.5 Å². The molecule has 0 bridgehead atoms. The topological polar surface area (TPSA) is 34.1 Å². The van der Waals surface area contributed by atoms with Gasteiger partial charge in [0.1, 0.15) is 17.4 Å². The van der Waals surface area contributed by atoms with Gasteiger partial charge in [0, 0.05) is 16.9 Å². The fraction of sp³-hybridized carbons (Fsp3) is 0.438. The van der Waals surface area contributed by atoms with E-state index >= 15 is 0 Å². The average Bonchev–Trinajstić information content (AvgIpc) is 2.85. The van der Waals surface area contributed by atoms with Crippen LogP contribution in [0.5, 0.6) is 5.75 Å². The molecule has 0 aliphatic carbocycles. The van der Waals surface area contributed by atoms with Crippen LogP contribution in [0.1, 0.15) is 30.1 Å². The molecule has 1 aromatic carbocycles. The predicted molar refractivity (Wildman–Crippen MR) is 89.2 cm³/mol.